The fourth-order valence-corrected chi connectivity index (χ4v) is 3.93. The van der Waals surface area contributed by atoms with Crippen LogP contribution < -0.4 is 0 Å². The zero-order valence-electron chi connectivity index (χ0n) is 14.9. The Bertz CT molecular complexity index is 289. The average Bonchev–Trinajstić information content (AvgIpc) is 2.79. The van der Waals surface area contributed by atoms with Crippen LogP contribution in [0, 0.1) is 5.92 Å². The molecule has 0 aliphatic carbocycles. The molecule has 0 amide bonds. The molecule has 3 unspecified atom stereocenters. The number of rotatable bonds is 11. The predicted molar refractivity (Wildman–Crippen MR) is 91.6 cm³/mol. The highest BCUT2D eigenvalue weighted by molar-refractivity contribution is 5.78. The molecule has 21 heavy (non-hydrogen) atoms. The van der Waals surface area contributed by atoms with Gasteiger partial charge in [0, 0.05) is 24.9 Å². The maximum absolute atomic E-state index is 11.8. The number of ketones is 1. The molecule has 2 nitrogen and oxygen atoms in total. The molecule has 0 N–H and O–H groups in total. The Hall–Kier alpha value is -0.370. The van der Waals surface area contributed by atoms with Gasteiger partial charge in [-0.15, -0.1) is 0 Å². The van der Waals surface area contributed by atoms with Crippen molar-refractivity contribution in [2.24, 2.45) is 5.92 Å². The van der Waals surface area contributed by atoms with Crippen LogP contribution in [-0.2, 0) is 4.79 Å². The van der Waals surface area contributed by atoms with E-state index in [0.29, 0.717) is 11.7 Å². The summed E-state index contributed by atoms with van der Waals surface area (Å²) in [5.41, 5.74) is 0. The minimum absolute atomic E-state index is 0.466. The number of Topliss-reactive ketones (excluding diaryl/α,β-unsaturated/α-hetero) is 1. The summed E-state index contributed by atoms with van der Waals surface area (Å²) in [4.78, 5) is 14.6. The number of carbonyl (C=O) groups is 1. The second-order valence-corrected chi connectivity index (χ2v) is 7.10. The lowest BCUT2D eigenvalue weighted by Gasteiger charge is -2.31. The smallest absolute Gasteiger partial charge is 0.133 e. The summed E-state index contributed by atoms with van der Waals surface area (Å²) in [5.74, 6) is 1.02. The number of hydrogen-bond acceptors (Lipinski definition) is 2. The van der Waals surface area contributed by atoms with Crippen molar-refractivity contribution in [1.29, 1.82) is 0 Å². The Balaban J connectivity index is 2.48. The molecule has 0 radical (unpaired) electrons. The van der Waals surface area contributed by atoms with Crippen molar-refractivity contribution < 1.29 is 4.79 Å². The van der Waals surface area contributed by atoms with E-state index in [2.05, 4.69) is 32.6 Å². The first kappa shape index (κ1) is 18.7. The van der Waals surface area contributed by atoms with Crippen molar-refractivity contribution in [1.82, 2.24) is 4.90 Å². The Morgan fingerprint density at radius 2 is 1.81 bits per heavy atom. The Labute approximate surface area is 132 Å². The molecule has 1 aliphatic heterocycles. The highest BCUT2D eigenvalue weighted by atomic mass is 16.1. The molecule has 0 aromatic rings. The highest BCUT2D eigenvalue weighted by Gasteiger charge is 2.32. The first-order valence-corrected chi connectivity index (χ1v) is 9.39. The van der Waals surface area contributed by atoms with Crippen molar-refractivity contribution in [3.63, 3.8) is 0 Å². The highest BCUT2D eigenvalue weighted by Crippen LogP contribution is 2.32. The molecule has 1 fully saturated rings. The van der Waals surface area contributed by atoms with E-state index in [1.165, 1.54) is 51.5 Å². The van der Waals surface area contributed by atoms with Crippen molar-refractivity contribution in [3.8, 4) is 0 Å². The predicted octanol–water partition coefficient (Wildman–Crippen LogP) is 5.21. The molecule has 1 heterocycles. The van der Waals surface area contributed by atoms with E-state index in [1.807, 2.05) is 0 Å². The summed E-state index contributed by atoms with van der Waals surface area (Å²) < 4.78 is 0. The van der Waals surface area contributed by atoms with Gasteiger partial charge in [-0.25, -0.2) is 0 Å². The standard InChI is InChI=1S/C19H37NO/c1-5-8-13-20-17(9-6-2)11-12-18(20)14-16(4)15-19(21)10-7-3/h16-18H,5-15H2,1-4H3. The van der Waals surface area contributed by atoms with Crippen LogP contribution in [0.15, 0.2) is 0 Å². The summed E-state index contributed by atoms with van der Waals surface area (Å²) in [6, 6.07) is 1.54. The van der Waals surface area contributed by atoms with Gasteiger partial charge in [-0.3, -0.25) is 9.69 Å². The molecule has 1 rings (SSSR count). The van der Waals surface area contributed by atoms with E-state index < -0.39 is 0 Å². The summed E-state index contributed by atoms with van der Waals surface area (Å²) in [6.45, 7) is 10.2. The van der Waals surface area contributed by atoms with Crippen LogP contribution in [0.25, 0.3) is 0 Å². The molecule has 1 aliphatic rings. The van der Waals surface area contributed by atoms with Gasteiger partial charge in [-0.2, -0.15) is 0 Å². The van der Waals surface area contributed by atoms with Gasteiger partial charge in [0.25, 0.3) is 0 Å². The maximum Gasteiger partial charge on any atom is 0.133 e. The topological polar surface area (TPSA) is 20.3 Å². The fourth-order valence-electron chi connectivity index (χ4n) is 3.93. The monoisotopic (exact) mass is 295 g/mol. The Morgan fingerprint density at radius 1 is 1.10 bits per heavy atom. The average molecular weight is 296 g/mol. The van der Waals surface area contributed by atoms with Crippen LogP contribution >= 0.6 is 0 Å². The van der Waals surface area contributed by atoms with E-state index in [4.69, 9.17) is 0 Å². The molecular formula is C19H37NO. The zero-order chi connectivity index (χ0) is 15.7. The van der Waals surface area contributed by atoms with E-state index in [0.717, 1.165) is 31.3 Å². The second kappa shape index (κ2) is 10.4. The lowest BCUT2D eigenvalue weighted by molar-refractivity contribution is -0.120. The van der Waals surface area contributed by atoms with E-state index >= 15 is 0 Å². The normalized spacial score (nSPS) is 24.4. The van der Waals surface area contributed by atoms with Gasteiger partial charge in [0.1, 0.15) is 5.78 Å². The quantitative estimate of drug-likeness (QED) is 0.522. The third kappa shape index (κ3) is 6.50. The van der Waals surface area contributed by atoms with Gasteiger partial charge in [-0.1, -0.05) is 40.5 Å². The maximum atomic E-state index is 11.8. The first-order valence-electron chi connectivity index (χ1n) is 9.39. The minimum Gasteiger partial charge on any atom is -0.300 e. The van der Waals surface area contributed by atoms with E-state index in [9.17, 15) is 4.79 Å². The Kier molecular flexibility index (Phi) is 9.23. The largest absolute Gasteiger partial charge is 0.300 e. The van der Waals surface area contributed by atoms with Crippen LogP contribution in [0.1, 0.15) is 91.9 Å². The number of unbranched alkanes of at least 4 members (excludes halogenated alkanes) is 1. The Morgan fingerprint density at radius 3 is 2.43 bits per heavy atom. The fraction of sp³-hybridized carbons (Fsp3) is 0.947. The van der Waals surface area contributed by atoms with Crippen LogP contribution in [0.2, 0.25) is 0 Å². The van der Waals surface area contributed by atoms with Gasteiger partial charge < -0.3 is 0 Å². The van der Waals surface area contributed by atoms with Gasteiger partial charge in [0.15, 0.2) is 0 Å². The molecule has 0 aromatic heterocycles. The lowest BCUT2D eigenvalue weighted by Crippen LogP contribution is -2.37. The second-order valence-electron chi connectivity index (χ2n) is 7.10. The molecule has 1 saturated heterocycles. The van der Waals surface area contributed by atoms with Gasteiger partial charge in [0.2, 0.25) is 0 Å². The SMILES string of the molecule is CCCCN1C(CCC)CCC1CC(C)CC(=O)CCC. The van der Waals surface area contributed by atoms with Gasteiger partial charge >= 0.3 is 0 Å². The zero-order valence-corrected chi connectivity index (χ0v) is 14.9. The molecule has 0 bridgehead atoms. The summed E-state index contributed by atoms with van der Waals surface area (Å²) in [7, 11) is 0. The minimum atomic E-state index is 0.466. The van der Waals surface area contributed by atoms with Gasteiger partial charge in [0.05, 0.1) is 0 Å². The molecule has 3 atom stereocenters. The third-order valence-electron chi connectivity index (χ3n) is 4.94. The number of nitrogens with zero attached hydrogens (tertiary/aromatic N) is 1. The number of likely N-dealkylation sites (tertiary alicyclic amines) is 1. The van der Waals surface area contributed by atoms with Crippen LogP contribution in [0.4, 0.5) is 0 Å². The summed E-state index contributed by atoms with van der Waals surface area (Å²) >= 11 is 0. The summed E-state index contributed by atoms with van der Waals surface area (Å²) in [6.07, 6.45) is 11.8. The molecule has 0 aromatic carbocycles. The molecule has 0 saturated carbocycles. The van der Waals surface area contributed by atoms with Crippen LogP contribution in [0.3, 0.4) is 0 Å². The van der Waals surface area contributed by atoms with Crippen molar-refractivity contribution in [2.75, 3.05) is 6.54 Å². The number of hydrogen-bond donors (Lipinski definition) is 0. The summed E-state index contributed by atoms with van der Waals surface area (Å²) in [5, 5.41) is 0. The number of carbonyl (C=O) groups excluding carboxylic acids is 1. The molecule has 124 valence electrons. The van der Waals surface area contributed by atoms with E-state index in [1.54, 1.807) is 0 Å². The first-order chi connectivity index (χ1) is 10.1. The van der Waals surface area contributed by atoms with E-state index in [-0.39, 0.29) is 0 Å². The van der Waals surface area contributed by atoms with Crippen LogP contribution in [-0.4, -0.2) is 29.3 Å². The molecular weight excluding hydrogens is 258 g/mol. The lowest BCUT2D eigenvalue weighted by atomic mass is 9.94. The molecule has 0 spiro atoms. The van der Waals surface area contributed by atoms with Gasteiger partial charge in [-0.05, 0) is 51.0 Å². The van der Waals surface area contributed by atoms with Crippen molar-refractivity contribution >= 4 is 5.78 Å². The molecule has 2 heteroatoms. The van der Waals surface area contributed by atoms with Crippen molar-refractivity contribution in [3.05, 3.63) is 0 Å². The van der Waals surface area contributed by atoms with Crippen molar-refractivity contribution in [2.45, 2.75) is 104 Å². The third-order valence-corrected chi connectivity index (χ3v) is 4.94. The van der Waals surface area contributed by atoms with Crippen LogP contribution in [0.5, 0.6) is 0 Å².